The molecule has 0 amide bonds. The van der Waals surface area contributed by atoms with Gasteiger partial charge < -0.3 is 15.4 Å². The van der Waals surface area contributed by atoms with Gasteiger partial charge in [0.1, 0.15) is 11.6 Å². The van der Waals surface area contributed by atoms with E-state index in [-0.39, 0.29) is 23.6 Å². The van der Waals surface area contributed by atoms with E-state index in [2.05, 4.69) is 25.6 Å². The molecule has 8 heteroatoms. The average molecular weight is 295 g/mol. The first-order valence-corrected chi connectivity index (χ1v) is 6.40. The Morgan fingerprint density at radius 1 is 1.05 bits per heavy atom. The number of ether oxygens (including phenoxy) is 1. The van der Waals surface area contributed by atoms with Crippen LogP contribution < -0.4 is 15.4 Å². The summed E-state index contributed by atoms with van der Waals surface area (Å²) in [7, 11) is 1.64. The van der Waals surface area contributed by atoms with Crippen LogP contribution in [0.5, 0.6) is 6.01 Å². The van der Waals surface area contributed by atoms with Crippen molar-refractivity contribution in [1.29, 1.82) is 0 Å². The van der Waals surface area contributed by atoms with Crippen molar-refractivity contribution in [2.45, 2.75) is 13.3 Å². The molecule has 112 valence electrons. The van der Waals surface area contributed by atoms with Crippen molar-refractivity contribution in [2.24, 2.45) is 0 Å². The minimum absolute atomic E-state index is 0.130. The summed E-state index contributed by atoms with van der Waals surface area (Å²) in [4.78, 5) is 12.1. The molecule has 0 bridgehead atoms. The van der Waals surface area contributed by atoms with Gasteiger partial charge in [-0.05, 0) is 18.6 Å². The molecule has 0 unspecified atom stereocenters. The summed E-state index contributed by atoms with van der Waals surface area (Å²) in [6.45, 7) is 2.41. The van der Waals surface area contributed by atoms with Gasteiger partial charge in [0.2, 0.25) is 11.9 Å². The molecule has 0 saturated heterocycles. The molecule has 0 aliphatic rings. The number of halogens is 2. The van der Waals surface area contributed by atoms with Gasteiger partial charge in [-0.25, -0.2) is 8.78 Å². The van der Waals surface area contributed by atoms with Gasteiger partial charge in [0.05, 0.1) is 6.61 Å². The number of nitrogens with one attached hydrogen (secondary N) is 2. The van der Waals surface area contributed by atoms with Gasteiger partial charge >= 0.3 is 6.01 Å². The number of nitrogens with zero attached hydrogens (tertiary/aromatic N) is 3. The standard InChI is InChI=1S/C13H15F2N5O/c1-3-4-21-13-19-11(16-2)18-12(20-13)17-10-6-8(14)5-9(15)7-10/h5-7H,3-4H2,1-2H3,(H2,16,17,18,19,20). The number of benzene rings is 1. The number of hydrogen-bond donors (Lipinski definition) is 2. The Bertz CT molecular complexity index is 603. The lowest BCUT2D eigenvalue weighted by Crippen LogP contribution is -2.07. The molecule has 2 aromatic rings. The van der Waals surface area contributed by atoms with Crippen molar-refractivity contribution in [3.63, 3.8) is 0 Å². The third-order valence-corrected chi connectivity index (χ3v) is 2.39. The fourth-order valence-electron chi connectivity index (χ4n) is 1.54. The lowest BCUT2D eigenvalue weighted by Gasteiger charge is -2.09. The molecule has 0 aliphatic heterocycles. The van der Waals surface area contributed by atoms with Crippen molar-refractivity contribution in [3.05, 3.63) is 29.8 Å². The van der Waals surface area contributed by atoms with Crippen LogP contribution in [0.25, 0.3) is 0 Å². The fraction of sp³-hybridized carbons (Fsp3) is 0.308. The van der Waals surface area contributed by atoms with Crippen LogP contribution in [0.2, 0.25) is 0 Å². The highest BCUT2D eigenvalue weighted by Gasteiger charge is 2.08. The topological polar surface area (TPSA) is 72.0 Å². The SMILES string of the molecule is CCCOc1nc(NC)nc(Nc2cc(F)cc(F)c2)n1. The third-order valence-electron chi connectivity index (χ3n) is 2.39. The Labute approximate surface area is 120 Å². The van der Waals surface area contributed by atoms with Gasteiger partial charge in [-0.1, -0.05) is 6.92 Å². The Morgan fingerprint density at radius 3 is 2.33 bits per heavy atom. The smallest absolute Gasteiger partial charge is 0.323 e. The second kappa shape index (κ2) is 6.78. The summed E-state index contributed by atoms with van der Waals surface area (Å²) < 4.78 is 31.6. The zero-order valence-corrected chi connectivity index (χ0v) is 11.7. The molecule has 1 heterocycles. The monoisotopic (exact) mass is 295 g/mol. The predicted molar refractivity (Wildman–Crippen MR) is 74.8 cm³/mol. The van der Waals surface area contributed by atoms with Crippen molar-refractivity contribution in [3.8, 4) is 6.01 Å². The van der Waals surface area contributed by atoms with Gasteiger partial charge in [-0.2, -0.15) is 15.0 Å². The van der Waals surface area contributed by atoms with Crippen molar-refractivity contribution >= 4 is 17.6 Å². The van der Waals surface area contributed by atoms with Gasteiger partial charge in [0, 0.05) is 18.8 Å². The summed E-state index contributed by atoms with van der Waals surface area (Å²) in [5.41, 5.74) is 0.196. The van der Waals surface area contributed by atoms with E-state index in [9.17, 15) is 8.78 Å². The Balaban J connectivity index is 2.25. The highest BCUT2D eigenvalue weighted by Crippen LogP contribution is 2.18. The van der Waals surface area contributed by atoms with Gasteiger partial charge in [0.15, 0.2) is 0 Å². The molecular weight excluding hydrogens is 280 g/mol. The average Bonchev–Trinajstić information content (AvgIpc) is 2.43. The molecule has 1 aromatic heterocycles. The molecule has 0 atom stereocenters. The van der Waals surface area contributed by atoms with Crippen LogP contribution >= 0.6 is 0 Å². The zero-order valence-electron chi connectivity index (χ0n) is 11.7. The van der Waals surface area contributed by atoms with Gasteiger partial charge in [-0.3, -0.25) is 0 Å². The van der Waals surface area contributed by atoms with Crippen LogP contribution in [0.4, 0.5) is 26.4 Å². The lowest BCUT2D eigenvalue weighted by atomic mass is 10.3. The van der Waals surface area contributed by atoms with Crippen LogP contribution in [-0.4, -0.2) is 28.6 Å². The maximum absolute atomic E-state index is 13.2. The third kappa shape index (κ3) is 4.23. The maximum atomic E-state index is 13.2. The molecule has 0 spiro atoms. The second-order valence-electron chi connectivity index (χ2n) is 4.15. The highest BCUT2D eigenvalue weighted by atomic mass is 19.1. The van der Waals surface area contributed by atoms with Crippen molar-refractivity contribution in [1.82, 2.24) is 15.0 Å². The fourth-order valence-corrected chi connectivity index (χ4v) is 1.54. The normalized spacial score (nSPS) is 10.3. The van der Waals surface area contributed by atoms with E-state index in [1.165, 1.54) is 0 Å². The number of aromatic nitrogens is 3. The molecule has 0 radical (unpaired) electrons. The Kier molecular flexibility index (Phi) is 4.81. The van der Waals surface area contributed by atoms with Crippen LogP contribution in [-0.2, 0) is 0 Å². The maximum Gasteiger partial charge on any atom is 0.323 e. The predicted octanol–water partition coefficient (Wildman–Crippen LogP) is 2.72. The molecule has 1 aromatic carbocycles. The summed E-state index contributed by atoms with van der Waals surface area (Å²) in [6, 6.07) is 3.19. The Morgan fingerprint density at radius 2 is 1.71 bits per heavy atom. The van der Waals surface area contributed by atoms with Crippen LogP contribution in [0.15, 0.2) is 18.2 Å². The van der Waals surface area contributed by atoms with E-state index in [1.807, 2.05) is 6.92 Å². The van der Waals surface area contributed by atoms with Crippen molar-refractivity contribution < 1.29 is 13.5 Å². The summed E-state index contributed by atoms with van der Waals surface area (Å²) in [6.07, 6.45) is 0.804. The molecule has 0 fully saturated rings. The Hall–Kier alpha value is -2.51. The molecule has 2 rings (SSSR count). The summed E-state index contributed by atoms with van der Waals surface area (Å²) in [5.74, 6) is -0.966. The number of rotatable bonds is 6. The largest absolute Gasteiger partial charge is 0.463 e. The van der Waals surface area contributed by atoms with Crippen LogP contribution in [0.1, 0.15) is 13.3 Å². The first kappa shape index (κ1) is 14.9. The second-order valence-corrected chi connectivity index (χ2v) is 4.15. The highest BCUT2D eigenvalue weighted by molar-refractivity contribution is 5.54. The molecule has 6 nitrogen and oxygen atoms in total. The number of hydrogen-bond acceptors (Lipinski definition) is 6. The molecule has 2 N–H and O–H groups in total. The minimum atomic E-state index is -0.692. The quantitative estimate of drug-likeness (QED) is 0.853. The molecule has 21 heavy (non-hydrogen) atoms. The first-order valence-electron chi connectivity index (χ1n) is 6.40. The van der Waals surface area contributed by atoms with E-state index < -0.39 is 11.6 Å². The van der Waals surface area contributed by atoms with E-state index in [0.29, 0.717) is 6.61 Å². The summed E-state index contributed by atoms with van der Waals surface area (Å²) >= 11 is 0. The molecule has 0 saturated carbocycles. The number of anilines is 3. The van der Waals surface area contributed by atoms with E-state index in [0.717, 1.165) is 24.6 Å². The van der Waals surface area contributed by atoms with Gasteiger partial charge in [-0.15, -0.1) is 0 Å². The molecule has 0 aliphatic carbocycles. The van der Waals surface area contributed by atoms with Crippen LogP contribution in [0.3, 0.4) is 0 Å². The first-order chi connectivity index (χ1) is 10.1. The van der Waals surface area contributed by atoms with E-state index in [4.69, 9.17) is 4.74 Å². The lowest BCUT2D eigenvalue weighted by molar-refractivity contribution is 0.292. The van der Waals surface area contributed by atoms with Crippen LogP contribution in [0, 0.1) is 11.6 Å². The molecular formula is C13H15F2N5O. The summed E-state index contributed by atoms with van der Waals surface area (Å²) in [5, 5.41) is 5.48. The minimum Gasteiger partial charge on any atom is -0.463 e. The van der Waals surface area contributed by atoms with Crippen molar-refractivity contribution in [2.75, 3.05) is 24.3 Å². The zero-order chi connectivity index (χ0) is 15.2. The van der Waals surface area contributed by atoms with E-state index in [1.54, 1.807) is 7.05 Å². The van der Waals surface area contributed by atoms with Gasteiger partial charge in [0.25, 0.3) is 0 Å². The van der Waals surface area contributed by atoms with E-state index >= 15 is 0 Å².